The summed E-state index contributed by atoms with van der Waals surface area (Å²) >= 11 is 3.27. The van der Waals surface area contributed by atoms with E-state index in [1.165, 1.54) is 6.07 Å². The number of halogens is 1. The highest BCUT2D eigenvalue weighted by Crippen LogP contribution is 2.24. The van der Waals surface area contributed by atoms with E-state index in [0.717, 1.165) is 5.56 Å². The van der Waals surface area contributed by atoms with E-state index in [1.807, 2.05) is 0 Å². The van der Waals surface area contributed by atoms with Gasteiger partial charge < -0.3 is 5.11 Å². The number of hydrogen-bond acceptors (Lipinski definition) is 3. The molecule has 2 aromatic rings. The highest BCUT2D eigenvalue weighted by Gasteiger charge is 2.11. The zero-order valence-corrected chi connectivity index (χ0v) is 9.02. The summed E-state index contributed by atoms with van der Waals surface area (Å²) in [5.74, 6) is -1.03. The first kappa shape index (κ1) is 9.85. The Morgan fingerprint density at radius 1 is 1.53 bits per heavy atom. The minimum absolute atomic E-state index is 0.0563. The second-order valence-corrected chi connectivity index (χ2v) is 3.56. The summed E-state index contributed by atoms with van der Waals surface area (Å²) in [4.78, 5) is 14.7. The summed E-state index contributed by atoms with van der Waals surface area (Å²) in [5, 5.41) is 15.0. The summed E-state index contributed by atoms with van der Waals surface area (Å²) < 4.78 is 0.633. The molecule has 0 aliphatic rings. The van der Waals surface area contributed by atoms with Crippen LogP contribution in [0.4, 0.5) is 0 Å². The SMILES string of the molecule is O=C(O)c1cc(-c2cccnc2Br)n[nH]1. The van der Waals surface area contributed by atoms with Crippen molar-refractivity contribution in [3.8, 4) is 11.3 Å². The molecular formula is C9H6BrN3O2. The molecule has 0 radical (unpaired) electrons. The highest BCUT2D eigenvalue weighted by atomic mass is 79.9. The molecule has 0 saturated carbocycles. The van der Waals surface area contributed by atoms with Crippen molar-refractivity contribution in [2.24, 2.45) is 0 Å². The minimum atomic E-state index is -1.03. The third-order valence-electron chi connectivity index (χ3n) is 1.84. The lowest BCUT2D eigenvalue weighted by Gasteiger charge is -1.96. The number of aromatic carboxylic acids is 1. The van der Waals surface area contributed by atoms with Gasteiger partial charge in [-0.15, -0.1) is 0 Å². The van der Waals surface area contributed by atoms with Gasteiger partial charge in [-0.25, -0.2) is 9.78 Å². The van der Waals surface area contributed by atoms with Gasteiger partial charge >= 0.3 is 5.97 Å². The maximum Gasteiger partial charge on any atom is 0.353 e. The lowest BCUT2D eigenvalue weighted by molar-refractivity contribution is 0.0690. The van der Waals surface area contributed by atoms with Gasteiger partial charge in [-0.2, -0.15) is 5.10 Å². The molecule has 0 saturated heterocycles. The number of carbonyl (C=O) groups is 1. The number of aromatic nitrogens is 3. The summed E-state index contributed by atoms with van der Waals surface area (Å²) in [6, 6.07) is 5.03. The largest absolute Gasteiger partial charge is 0.477 e. The van der Waals surface area contributed by atoms with E-state index in [4.69, 9.17) is 5.11 Å². The van der Waals surface area contributed by atoms with Gasteiger partial charge in [0.2, 0.25) is 0 Å². The van der Waals surface area contributed by atoms with E-state index in [2.05, 4.69) is 31.1 Å². The standard InChI is InChI=1S/C9H6BrN3O2/c10-8-5(2-1-3-11-8)6-4-7(9(14)15)13-12-6/h1-4H,(H,12,13)(H,14,15). The fourth-order valence-electron chi connectivity index (χ4n) is 1.15. The predicted octanol–water partition coefficient (Wildman–Crippen LogP) is 1.93. The van der Waals surface area contributed by atoms with Crippen molar-refractivity contribution >= 4 is 21.9 Å². The third kappa shape index (κ3) is 1.89. The Hall–Kier alpha value is -1.69. The van der Waals surface area contributed by atoms with Crippen LogP contribution in [0.1, 0.15) is 10.5 Å². The van der Waals surface area contributed by atoms with E-state index in [1.54, 1.807) is 18.3 Å². The number of nitrogens with one attached hydrogen (secondary N) is 1. The molecule has 0 spiro atoms. The third-order valence-corrected chi connectivity index (χ3v) is 2.48. The molecule has 76 valence electrons. The number of H-pyrrole nitrogens is 1. The number of aromatic amines is 1. The van der Waals surface area contributed by atoms with Crippen LogP contribution in [0, 0.1) is 0 Å². The molecule has 0 amide bonds. The Bertz CT molecular complexity index is 510. The van der Waals surface area contributed by atoms with Crippen LogP contribution in [0.15, 0.2) is 29.0 Å². The van der Waals surface area contributed by atoms with E-state index in [-0.39, 0.29) is 5.69 Å². The summed E-state index contributed by atoms with van der Waals surface area (Å²) in [6.07, 6.45) is 1.64. The van der Waals surface area contributed by atoms with Gasteiger partial charge in [-0.05, 0) is 34.1 Å². The maximum absolute atomic E-state index is 10.6. The van der Waals surface area contributed by atoms with Crippen molar-refractivity contribution in [2.45, 2.75) is 0 Å². The molecule has 0 aromatic carbocycles. The molecule has 15 heavy (non-hydrogen) atoms. The number of hydrogen-bond donors (Lipinski definition) is 2. The van der Waals surface area contributed by atoms with Gasteiger partial charge in [0.1, 0.15) is 10.3 Å². The van der Waals surface area contributed by atoms with E-state index >= 15 is 0 Å². The van der Waals surface area contributed by atoms with Crippen LogP contribution in [0.25, 0.3) is 11.3 Å². The average Bonchev–Trinajstić information content (AvgIpc) is 2.67. The average molecular weight is 268 g/mol. The number of nitrogens with zero attached hydrogens (tertiary/aromatic N) is 2. The van der Waals surface area contributed by atoms with Crippen LogP contribution >= 0.6 is 15.9 Å². The first-order valence-corrected chi connectivity index (χ1v) is 4.87. The summed E-state index contributed by atoms with van der Waals surface area (Å²) in [6.45, 7) is 0. The molecule has 2 rings (SSSR count). The van der Waals surface area contributed by atoms with Gasteiger partial charge in [0.15, 0.2) is 0 Å². The second kappa shape index (κ2) is 3.82. The first-order chi connectivity index (χ1) is 7.18. The first-order valence-electron chi connectivity index (χ1n) is 4.08. The molecule has 5 nitrogen and oxygen atoms in total. The topological polar surface area (TPSA) is 78.9 Å². The molecule has 0 atom stereocenters. The van der Waals surface area contributed by atoms with Crippen LogP contribution in [0.3, 0.4) is 0 Å². The smallest absolute Gasteiger partial charge is 0.353 e. The van der Waals surface area contributed by atoms with Crippen molar-refractivity contribution < 1.29 is 9.90 Å². The molecule has 0 aliphatic carbocycles. The fourth-order valence-corrected chi connectivity index (χ4v) is 1.60. The molecular weight excluding hydrogens is 262 g/mol. The lowest BCUT2D eigenvalue weighted by atomic mass is 10.2. The molecule has 2 aromatic heterocycles. The monoisotopic (exact) mass is 267 g/mol. The molecule has 0 bridgehead atoms. The van der Waals surface area contributed by atoms with E-state index in [9.17, 15) is 4.79 Å². The number of pyridine rings is 1. The highest BCUT2D eigenvalue weighted by molar-refractivity contribution is 9.10. The Kier molecular flexibility index (Phi) is 2.51. The van der Waals surface area contributed by atoms with Crippen LogP contribution in [-0.4, -0.2) is 26.3 Å². The fraction of sp³-hybridized carbons (Fsp3) is 0. The molecule has 0 aliphatic heterocycles. The molecule has 6 heteroatoms. The Morgan fingerprint density at radius 2 is 2.33 bits per heavy atom. The van der Waals surface area contributed by atoms with Crippen molar-refractivity contribution in [1.29, 1.82) is 0 Å². The minimum Gasteiger partial charge on any atom is -0.477 e. The molecule has 0 unspecified atom stereocenters. The van der Waals surface area contributed by atoms with Gasteiger partial charge in [-0.3, -0.25) is 5.10 Å². The van der Waals surface area contributed by atoms with Gasteiger partial charge in [-0.1, -0.05) is 0 Å². The Labute approximate surface area is 93.3 Å². The summed E-state index contributed by atoms with van der Waals surface area (Å²) in [5.41, 5.74) is 1.36. The number of carboxylic acid groups (broad SMARTS) is 1. The second-order valence-electron chi connectivity index (χ2n) is 2.81. The van der Waals surface area contributed by atoms with Crippen molar-refractivity contribution in [1.82, 2.24) is 15.2 Å². The summed E-state index contributed by atoms with van der Waals surface area (Å²) in [7, 11) is 0. The normalized spacial score (nSPS) is 10.2. The van der Waals surface area contributed by atoms with Gasteiger partial charge in [0.05, 0.1) is 5.69 Å². The van der Waals surface area contributed by atoms with Crippen molar-refractivity contribution in [2.75, 3.05) is 0 Å². The lowest BCUT2D eigenvalue weighted by Crippen LogP contribution is -1.95. The van der Waals surface area contributed by atoms with Crippen molar-refractivity contribution in [3.05, 3.63) is 34.7 Å². The molecule has 2 heterocycles. The number of carboxylic acids is 1. The van der Waals surface area contributed by atoms with E-state index in [0.29, 0.717) is 10.3 Å². The molecule has 2 N–H and O–H groups in total. The quantitative estimate of drug-likeness (QED) is 0.815. The molecule has 0 fully saturated rings. The Balaban J connectivity index is 2.46. The zero-order chi connectivity index (χ0) is 10.8. The van der Waals surface area contributed by atoms with Gasteiger partial charge in [0, 0.05) is 11.8 Å². The van der Waals surface area contributed by atoms with Crippen LogP contribution in [-0.2, 0) is 0 Å². The van der Waals surface area contributed by atoms with Crippen LogP contribution in [0.5, 0.6) is 0 Å². The number of rotatable bonds is 2. The van der Waals surface area contributed by atoms with Crippen LogP contribution < -0.4 is 0 Å². The zero-order valence-electron chi connectivity index (χ0n) is 7.44. The predicted molar refractivity (Wildman–Crippen MR) is 56.5 cm³/mol. The van der Waals surface area contributed by atoms with Crippen LogP contribution in [0.2, 0.25) is 0 Å². The maximum atomic E-state index is 10.6. The van der Waals surface area contributed by atoms with Gasteiger partial charge in [0.25, 0.3) is 0 Å². The Morgan fingerprint density at radius 3 is 2.93 bits per heavy atom. The van der Waals surface area contributed by atoms with Crippen molar-refractivity contribution in [3.63, 3.8) is 0 Å². The van der Waals surface area contributed by atoms with E-state index < -0.39 is 5.97 Å².